The minimum atomic E-state index is 0.751. The maximum absolute atomic E-state index is 5.12. The van der Waals surface area contributed by atoms with Crippen LogP contribution in [0.25, 0.3) is 0 Å². The van der Waals surface area contributed by atoms with Gasteiger partial charge in [-0.3, -0.25) is 0 Å². The molecule has 1 fully saturated rings. The highest BCUT2D eigenvalue weighted by atomic mass is 32.1. The van der Waals surface area contributed by atoms with Gasteiger partial charge in [-0.1, -0.05) is 6.92 Å². The Balaban J connectivity index is 1.97. The van der Waals surface area contributed by atoms with E-state index < -0.39 is 0 Å². The normalized spacial score (nSPS) is 15.4. The van der Waals surface area contributed by atoms with Gasteiger partial charge in [0.2, 0.25) is 0 Å². The van der Waals surface area contributed by atoms with E-state index in [4.69, 9.17) is 9.72 Å². The number of methoxy groups -OCH3 is 1. The smallest absolute Gasteiger partial charge is 0.0954 e. The summed E-state index contributed by atoms with van der Waals surface area (Å²) in [5, 5.41) is 4.72. The number of aromatic nitrogens is 1. The third-order valence-electron chi connectivity index (χ3n) is 2.97. The average Bonchev–Trinajstić information content (AvgIpc) is 3.10. The van der Waals surface area contributed by atoms with Crippen LogP contribution in [0.2, 0.25) is 0 Å². The molecule has 17 heavy (non-hydrogen) atoms. The van der Waals surface area contributed by atoms with Crippen LogP contribution in [-0.2, 0) is 17.7 Å². The summed E-state index contributed by atoms with van der Waals surface area (Å²) in [5.41, 5.74) is 1.37. The van der Waals surface area contributed by atoms with Crippen LogP contribution in [0, 0.1) is 0 Å². The van der Waals surface area contributed by atoms with E-state index >= 15 is 0 Å². The monoisotopic (exact) mass is 254 g/mol. The second-order valence-electron chi connectivity index (χ2n) is 4.61. The quantitative estimate of drug-likeness (QED) is 0.724. The lowest BCUT2D eigenvalue weighted by molar-refractivity contribution is 0.202. The molecular formula is C13H22N2OS. The molecule has 2 rings (SSSR count). The number of hydrogen-bond donors (Lipinski definition) is 1. The van der Waals surface area contributed by atoms with Crippen molar-refractivity contribution < 1.29 is 4.74 Å². The maximum Gasteiger partial charge on any atom is 0.0954 e. The number of nitrogens with one attached hydrogen (secondary N) is 1. The van der Waals surface area contributed by atoms with E-state index in [1.807, 2.05) is 11.3 Å². The molecule has 0 amide bonds. The highest BCUT2D eigenvalue weighted by Crippen LogP contribution is 2.42. The molecule has 1 aromatic rings. The van der Waals surface area contributed by atoms with Crippen molar-refractivity contribution in [3.63, 3.8) is 0 Å². The Hall–Kier alpha value is -0.450. The van der Waals surface area contributed by atoms with Gasteiger partial charge in [-0.25, -0.2) is 4.98 Å². The van der Waals surface area contributed by atoms with Gasteiger partial charge in [0.1, 0.15) is 0 Å². The lowest BCUT2D eigenvalue weighted by atomic mass is 10.2. The van der Waals surface area contributed by atoms with Crippen LogP contribution in [0.15, 0.2) is 0 Å². The second kappa shape index (κ2) is 6.47. The van der Waals surface area contributed by atoms with Gasteiger partial charge in [0.15, 0.2) is 0 Å². The number of ether oxygens (including phenoxy) is 1. The van der Waals surface area contributed by atoms with Gasteiger partial charge in [-0.2, -0.15) is 0 Å². The lowest BCUT2D eigenvalue weighted by Gasteiger charge is -2.01. The van der Waals surface area contributed by atoms with Crippen molar-refractivity contribution in [1.82, 2.24) is 10.3 Å². The van der Waals surface area contributed by atoms with E-state index in [-0.39, 0.29) is 0 Å². The SMILES string of the molecule is CCCNCc1sc(CCOC)nc1C1CC1. The molecule has 0 spiro atoms. The van der Waals surface area contributed by atoms with Crippen LogP contribution in [0.1, 0.15) is 47.7 Å². The molecule has 96 valence electrons. The fourth-order valence-electron chi connectivity index (χ4n) is 1.89. The van der Waals surface area contributed by atoms with Gasteiger partial charge in [-0.15, -0.1) is 11.3 Å². The highest BCUT2D eigenvalue weighted by Gasteiger charge is 2.29. The van der Waals surface area contributed by atoms with Crippen molar-refractivity contribution in [2.45, 2.75) is 45.1 Å². The molecule has 0 atom stereocenters. The summed E-state index contributed by atoms with van der Waals surface area (Å²) in [7, 11) is 1.75. The summed E-state index contributed by atoms with van der Waals surface area (Å²) >= 11 is 1.86. The zero-order valence-corrected chi connectivity index (χ0v) is 11.6. The molecule has 0 radical (unpaired) electrons. The summed E-state index contributed by atoms with van der Waals surface area (Å²) < 4.78 is 5.12. The van der Waals surface area contributed by atoms with E-state index in [1.54, 1.807) is 7.11 Å². The topological polar surface area (TPSA) is 34.1 Å². The number of rotatable bonds is 8. The second-order valence-corrected chi connectivity index (χ2v) is 5.78. The minimum absolute atomic E-state index is 0.751. The molecule has 4 heteroatoms. The first-order valence-electron chi connectivity index (χ1n) is 6.53. The van der Waals surface area contributed by atoms with E-state index in [9.17, 15) is 0 Å². The fourth-order valence-corrected chi connectivity index (χ4v) is 3.00. The first kappa shape index (κ1) is 13.0. The predicted molar refractivity (Wildman–Crippen MR) is 71.7 cm³/mol. The lowest BCUT2D eigenvalue weighted by Crippen LogP contribution is -2.13. The first-order valence-corrected chi connectivity index (χ1v) is 7.35. The average molecular weight is 254 g/mol. The predicted octanol–water partition coefficient (Wildman–Crippen LogP) is 2.71. The Kier molecular flexibility index (Phi) is 4.95. The van der Waals surface area contributed by atoms with Gasteiger partial charge in [0, 0.05) is 30.9 Å². The van der Waals surface area contributed by atoms with E-state index in [0.717, 1.165) is 32.0 Å². The van der Waals surface area contributed by atoms with Gasteiger partial charge in [-0.05, 0) is 25.8 Å². The van der Waals surface area contributed by atoms with Gasteiger partial charge >= 0.3 is 0 Å². The van der Waals surface area contributed by atoms with Crippen LogP contribution in [0.4, 0.5) is 0 Å². The fraction of sp³-hybridized carbons (Fsp3) is 0.769. The van der Waals surface area contributed by atoms with Gasteiger partial charge < -0.3 is 10.1 Å². The van der Waals surface area contributed by atoms with E-state index in [1.165, 1.54) is 34.8 Å². The Morgan fingerprint density at radius 2 is 2.29 bits per heavy atom. The molecule has 0 saturated heterocycles. The minimum Gasteiger partial charge on any atom is -0.384 e. The molecule has 1 aliphatic carbocycles. The summed E-state index contributed by atoms with van der Waals surface area (Å²) in [6.45, 7) is 5.06. The molecule has 1 aromatic heterocycles. The molecule has 1 heterocycles. The van der Waals surface area contributed by atoms with Gasteiger partial charge in [0.25, 0.3) is 0 Å². The molecule has 0 bridgehead atoms. The standard InChI is InChI=1S/C13H22N2OS/c1-3-7-14-9-11-13(10-4-5-10)15-12(17-11)6-8-16-2/h10,14H,3-9H2,1-2H3. The summed E-state index contributed by atoms with van der Waals surface area (Å²) in [6.07, 6.45) is 4.80. The number of hydrogen-bond acceptors (Lipinski definition) is 4. The molecule has 1 N–H and O–H groups in total. The summed E-state index contributed by atoms with van der Waals surface area (Å²) in [6, 6.07) is 0. The molecule has 1 aliphatic rings. The van der Waals surface area contributed by atoms with Crippen LogP contribution >= 0.6 is 11.3 Å². The number of nitrogens with zero attached hydrogens (tertiary/aromatic N) is 1. The Bertz CT molecular complexity index is 347. The molecular weight excluding hydrogens is 232 g/mol. The summed E-state index contributed by atoms with van der Waals surface area (Å²) in [4.78, 5) is 6.24. The molecule has 0 unspecified atom stereocenters. The Morgan fingerprint density at radius 1 is 1.47 bits per heavy atom. The van der Waals surface area contributed by atoms with Crippen molar-refractivity contribution in [1.29, 1.82) is 0 Å². The summed E-state index contributed by atoms with van der Waals surface area (Å²) in [5.74, 6) is 0.751. The number of thiazole rings is 1. The van der Waals surface area contributed by atoms with Crippen molar-refractivity contribution in [3.8, 4) is 0 Å². The molecule has 0 aliphatic heterocycles. The third-order valence-corrected chi connectivity index (χ3v) is 4.10. The van der Waals surface area contributed by atoms with Gasteiger partial charge in [0.05, 0.1) is 17.3 Å². The molecule has 3 nitrogen and oxygen atoms in total. The Morgan fingerprint density at radius 3 is 2.94 bits per heavy atom. The van der Waals surface area contributed by atoms with Crippen LogP contribution in [0.3, 0.4) is 0 Å². The van der Waals surface area contributed by atoms with Crippen LogP contribution in [-0.4, -0.2) is 25.2 Å². The zero-order chi connectivity index (χ0) is 12.1. The maximum atomic E-state index is 5.12. The van der Waals surface area contributed by atoms with Crippen molar-refractivity contribution in [2.75, 3.05) is 20.3 Å². The van der Waals surface area contributed by atoms with E-state index in [0.29, 0.717) is 0 Å². The third kappa shape index (κ3) is 3.76. The zero-order valence-electron chi connectivity index (χ0n) is 10.8. The van der Waals surface area contributed by atoms with Crippen molar-refractivity contribution >= 4 is 11.3 Å². The van der Waals surface area contributed by atoms with Crippen LogP contribution in [0.5, 0.6) is 0 Å². The first-order chi connectivity index (χ1) is 8.35. The Labute approximate surface area is 108 Å². The van der Waals surface area contributed by atoms with E-state index in [2.05, 4.69) is 12.2 Å². The van der Waals surface area contributed by atoms with Crippen molar-refractivity contribution in [2.24, 2.45) is 0 Å². The molecule has 0 aromatic carbocycles. The van der Waals surface area contributed by atoms with Crippen LogP contribution < -0.4 is 5.32 Å². The highest BCUT2D eigenvalue weighted by molar-refractivity contribution is 7.11. The van der Waals surface area contributed by atoms with Crippen molar-refractivity contribution in [3.05, 3.63) is 15.6 Å². The largest absolute Gasteiger partial charge is 0.384 e. The molecule has 1 saturated carbocycles.